The van der Waals surface area contributed by atoms with Gasteiger partial charge in [-0.3, -0.25) is 4.79 Å². The molecule has 0 aliphatic rings. The number of halogens is 2. The van der Waals surface area contributed by atoms with E-state index >= 15 is 0 Å². The third-order valence-electron chi connectivity index (χ3n) is 4.10. The summed E-state index contributed by atoms with van der Waals surface area (Å²) in [5, 5.41) is 2.71. The lowest BCUT2D eigenvalue weighted by molar-refractivity contribution is -0.116. The third kappa shape index (κ3) is 5.84. The molecule has 0 bridgehead atoms. The van der Waals surface area contributed by atoms with Crippen molar-refractivity contribution in [3.63, 3.8) is 0 Å². The molecule has 29 heavy (non-hydrogen) atoms. The maximum absolute atomic E-state index is 13.2. The lowest BCUT2D eigenvalue weighted by Crippen LogP contribution is -2.37. The van der Waals surface area contributed by atoms with E-state index in [0.717, 1.165) is 25.6 Å². The molecular weight excluding hydrogens is 506 g/mol. The van der Waals surface area contributed by atoms with Crippen LogP contribution in [0, 0.1) is 9.39 Å². The van der Waals surface area contributed by atoms with E-state index in [1.807, 2.05) is 18.2 Å². The predicted molar refractivity (Wildman–Crippen MR) is 118 cm³/mol. The van der Waals surface area contributed by atoms with Crippen LogP contribution in [0.15, 0.2) is 83.8 Å². The van der Waals surface area contributed by atoms with E-state index in [1.165, 1.54) is 12.1 Å². The summed E-state index contributed by atoms with van der Waals surface area (Å²) in [6.45, 7) is -0.360. The summed E-state index contributed by atoms with van der Waals surface area (Å²) >= 11 is 2.15. The molecule has 3 aromatic rings. The second-order valence-electron chi connectivity index (χ2n) is 6.27. The number of amides is 1. The predicted octanol–water partition coefficient (Wildman–Crippen LogP) is 4.26. The highest BCUT2D eigenvalue weighted by atomic mass is 127. The van der Waals surface area contributed by atoms with Crippen molar-refractivity contribution in [2.24, 2.45) is 0 Å². The lowest BCUT2D eigenvalue weighted by atomic mass is 10.2. The van der Waals surface area contributed by atoms with Crippen LogP contribution in [0.4, 0.5) is 10.1 Å². The van der Waals surface area contributed by atoms with E-state index in [-0.39, 0.29) is 18.0 Å². The molecular formula is C21H18FIN2O3S. The molecule has 5 nitrogen and oxygen atoms in total. The van der Waals surface area contributed by atoms with E-state index in [4.69, 9.17) is 0 Å². The monoisotopic (exact) mass is 524 g/mol. The van der Waals surface area contributed by atoms with E-state index in [0.29, 0.717) is 5.69 Å². The van der Waals surface area contributed by atoms with Gasteiger partial charge in [0, 0.05) is 15.8 Å². The number of carbonyl (C=O) groups is 1. The van der Waals surface area contributed by atoms with Crippen molar-refractivity contribution in [3.05, 3.63) is 93.8 Å². The zero-order valence-corrected chi connectivity index (χ0v) is 18.2. The molecule has 8 heteroatoms. The van der Waals surface area contributed by atoms with E-state index in [2.05, 4.69) is 27.9 Å². The summed E-state index contributed by atoms with van der Waals surface area (Å²) in [6.07, 6.45) is 0. The van der Waals surface area contributed by atoms with Crippen LogP contribution in [0.1, 0.15) is 5.56 Å². The molecule has 0 spiro atoms. The summed E-state index contributed by atoms with van der Waals surface area (Å²) in [5.41, 5.74) is 1.31. The summed E-state index contributed by atoms with van der Waals surface area (Å²) in [5.74, 6) is -0.997. The van der Waals surface area contributed by atoms with Crippen LogP contribution in [0.25, 0.3) is 0 Å². The van der Waals surface area contributed by atoms with E-state index < -0.39 is 21.7 Å². The molecule has 0 aromatic heterocycles. The molecule has 0 radical (unpaired) electrons. The number of nitrogens with zero attached hydrogens (tertiary/aromatic N) is 1. The van der Waals surface area contributed by atoms with Gasteiger partial charge >= 0.3 is 0 Å². The van der Waals surface area contributed by atoms with Gasteiger partial charge in [0.15, 0.2) is 0 Å². The molecule has 1 amide bonds. The number of hydrogen-bond acceptors (Lipinski definition) is 3. The summed E-state index contributed by atoms with van der Waals surface area (Å²) in [6, 6.07) is 20.7. The second kappa shape index (κ2) is 9.47. The Morgan fingerprint density at radius 1 is 0.931 bits per heavy atom. The Labute approximate surface area is 182 Å². The third-order valence-corrected chi connectivity index (χ3v) is 6.63. The van der Waals surface area contributed by atoms with Crippen molar-refractivity contribution in [1.29, 1.82) is 0 Å². The van der Waals surface area contributed by atoms with Crippen molar-refractivity contribution < 1.29 is 17.6 Å². The first-order valence-corrected chi connectivity index (χ1v) is 11.2. The fourth-order valence-corrected chi connectivity index (χ4v) is 4.41. The van der Waals surface area contributed by atoms with Crippen molar-refractivity contribution in [3.8, 4) is 0 Å². The SMILES string of the molecule is O=C(CN(Cc1ccccc1)S(=O)(=O)c1ccc(F)cc1)Nc1ccc(I)cc1. The Bertz CT molecular complexity index is 1070. The number of nitrogens with one attached hydrogen (secondary N) is 1. The summed E-state index contributed by atoms with van der Waals surface area (Å²) < 4.78 is 41.5. The van der Waals surface area contributed by atoms with Gasteiger partial charge in [-0.25, -0.2) is 12.8 Å². The zero-order chi connectivity index (χ0) is 20.9. The molecule has 0 fully saturated rings. The van der Waals surface area contributed by atoms with Crippen LogP contribution >= 0.6 is 22.6 Å². The van der Waals surface area contributed by atoms with Gasteiger partial charge in [0.2, 0.25) is 15.9 Å². The molecule has 150 valence electrons. The van der Waals surface area contributed by atoms with Crippen molar-refractivity contribution in [2.75, 3.05) is 11.9 Å². The van der Waals surface area contributed by atoms with Crippen LogP contribution < -0.4 is 5.32 Å². The van der Waals surface area contributed by atoms with Crippen molar-refractivity contribution >= 4 is 44.2 Å². The Morgan fingerprint density at radius 2 is 1.55 bits per heavy atom. The number of rotatable bonds is 7. The van der Waals surface area contributed by atoms with Crippen LogP contribution in [0.2, 0.25) is 0 Å². The molecule has 1 N–H and O–H groups in total. The van der Waals surface area contributed by atoms with Gasteiger partial charge in [-0.1, -0.05) is 30.3 Å². The van der Waals surface area contributed by atoms with E-state index in [9.17, 15) is 17.6 Å². The number of hydrogen-bond donors (Lipinski definition) is 1. The standard InChI is InChI=1S/C21H18FIN2O3S/c22-17-6-12-20(13-7-17)29(27,28)25(14-16-4-2-1-3-5-16)15-21(26)24-19-10-8-18(23)9-11-19/h1-13H,14-15H2,(H,24,26). The van der Waals surface area contributed by atoms with Gasteiger partial charge in [0.25, 0.3) is 0 Å². The number of benzene rings is 3. The van der Waals surface area contributed by atoms with Crippen molar-refractivity contribution in [1.82, 2.24) is 4.31 Å². The highest BCUT2D eigenvalue weighted by Crippen LogP contribution is 2.19. The first-order chi connectivity index (χ1) is 13.8. The van der Waals surface area contributed by atoms with Crippen LogP contribution in [-0.4, -0.2) is 25.2 Å². The molecule has 0 unspecified atom stereocenters. The number of sulfonamides is 1. The first kappa shape index (κ1) is 21.4. The fourth-order valence-electron chi connectivity index (χ4n) is 2.66. The maximum Gasteiger partial charge on any atom is 0.243 e. The number of carbonyl (C=O) groups excluding carboxylic acids is 1. The fraction of sp³-hybridized carbons (Fsp3) is 0.0952. The van der Waals surface area contributed by atoms with Gasteiger partial charge < -0.3 is 5.32 Å². The van der Waals surface area contributed by atoms with Crippen LogP contribution in [-0.2, 0) is 21.4 Å². The number of anilines is 1. The van der Waals surface area contributed by atoms with E-state index in [1.54, 1.807) is 36.4 Å². The normalized spacial score (nSPS) is 11.4. The Hall–Kier alpha value is -2.30. The topological polar surface area (TPSA) is 66.5 Å². The second-order valence-corrected chi connectivity index (χ2v) is 9.45. The van der Waals surface area contributed by atoms with Crippen LogP contribution in [0.3, 0.4) is 0 Å². The minimum atomic E-state index is -4.01. The van der Waals surface area contributed by atoms with Gasteiger partial charge in [0.05, 0.1) is 11.4 Å². The zero-order valence-electron chi connectivity index (χ0n) is 15.3. The van der Waals surface area contributed by atoms with Crippen molar-refractivity contribution in [2.45, 2.75) is 11.4 Å². The molecule has 0 aliphatic heterocycles. The molecule has 0 aliphatic carbocycles. The smallest absolute Gasteiger partial charge is 0.243 e. The first-order valence-electron chi connectivity index (χ1n) is 8.70. The quantitative estimate of drug-likeness (QED) is 0.470. The minimum absolute atomic E-state index is 0.0145. The largest absolute Gasteiger partial charge is 0.325 e. The van der Waals surface area contributed by atoms with Gasteiger partial charge in [-0.05, 0) is 76.7 Å². The van der Waals surface area contributed by atoms with Gasteiger partial charge in [-0.15, -0.1) is 0 Å². The summed E-state index contributed by atoms with van der Waals surface area (Å²) in [7, 11) is -4.01. The molecule has 0 heterocycles. The highest BCUT2D eigenvalue weighted by Gasteiger charge is 2.27. The Balaban J connectivity index is 1.85. The molecule has 3 rings (SSSR count). The molecule has 3 aromatic carbocycles. The summed E-state index contributed by atoms with van der Waals surface area (Å²) in [4.78, 5) is 12.5. The van der Waals surface area contributed by atoms with Crippen LogP contribution in [0.5, 0.6) is 0 Å². The molecule has 0 saturated carbocycles. The maximum atomic E-state index is 13.2. The average molecular weight is 524 g/mol. The molecule has 0 atom stereocenters. The Morgan fingerprint density at radius 3 is 2.17 bits per heavy atom. The van der Waals surface area contributed by atoms with Gasteiger partial charge in [0.1, 0.15) is 5.82 Å². The highest BCUT2D eigenvalue weighted by molar-refractivity contribution is 14.1. The average Bonchev–Trinajstić information content (AvgIpc) is 2.70. The lowest BCUT2D eigenvalue weighted by Gasteiger charge is -2.22. The van der Waals surface area contributed by atoms with Gasteiger partial charge in [-0.2, -0.15) is 4.31 Å². The molecule has 0 saturated heterocycles. The minimum Gasteiger partial charge on any atom is -0.325 e. The Kier molecular flexibility index (Phi) is 6.99.